The van der Waals surface area contributed by atoms with Gasteiger partial charge in [-0.2, -0.15) is 0 Å². The molecule has 0 radical (unpaired) electrons. The van der Waals surface area contributed by atoms with Crippen LogP contribution in [0.25, 0.3) is 0 Å². The Morgan fingerprint density at radius 1 is 1.20 bits per heavy atom. The Kier molecular flexibility index (Phi) is 8.90. The molecule has 25 heavy (non-hydrogen) atoms. The van der Waals surface area contributed by atoms with Crippen LogP contribution in [0.2, 0.25) is 0 Å². The average Bonchev–Trinajstić information content (AvgIpc) is 2.50. The molecule has 1 aliphatic heterocycles. The maximum absolute atomic E-state index is 12.5. The third-order valence-electron chi connectivity index (χ3n) is 5.95. The van der Waals surface area contributed by atoms with Crippen molar-refractivity contribution in [3.05, 3.63) is 0 Å². The highest BCUT2D eigenvalue weighted by Gasteiger charge is 2.37. The van der Waals surface area contributed by atoms with Gasteiger partial charge in [0, 0.05) is 6.04 Å². The molecule has 0 amide bonds. The second-order valence-corrected chi connectivity index (χ2v) is 8.95. The van der Waals surface area contributed by atoms with E-state index in [0.29, 0.717) is 24.7 Å². The number of hydrogen-bond donors (Lipinski definition) is 1. The summed E-state index contributed by atoms with van der Waals surface area (Å²) in [4.78, 5) is 14.9. The van der Waals surface area contributed by atoms with Gasteiger partial charge in [-0.15, -0.1) is 0 Å². The Labute approximate surface area is 155 Å². The molecule has 1 rings (SSSR count). The van der Waals surface area contributed by atoms with Crippen molar-refractivity contribution in [2.75, 3.05) is 13.6 Å². The summed E-state index contributed by atoms with van der Waals surface area (Å²) in [5, 5.41) is 11.0. The van der Waals surface area contributed by atoms with Gasteiger partial charge in [-0.3, -0.25) is 4.79 Å². The molecule has 4 heteroatoms. The van der Waals surface area contributed by atoms with Crippen LogP contribution in [0.1, 0.15) is 80.1 Å². The van der Waals surface area contributed by atoms with Gasteiger partial charge >= 0.3 is 5.97 Å². The van der Waals surface area contributed by atoms with Crippen molar-refractivity contribution in [2.45, 2.75) is 97.8 Å². The minimum absolute atomic E-state index is 0.114. The predicted octanol–water partition coefficient (Wildman–Crippen LogP) is 4.25. The van der Waals surface area contributed by atoms with E-state index in [1.54, 1.807) is 0 Å². The van der Waals surface area contributed by atoms with E-state index < -0.39 is 11.7 Å². The zero-order chi connectivity index (χ0) is 19.2. The van der Waals surface area contributed by atoms with Gasteiger partial charge < -0.3 is 14.7 Å². The van der Waals surface area contributed by atoms with E-state index in [0.717, 1.165) is 19.4 Å². The molecule has 0 aromatic rings. The number of carbonyl (C=O) groups is 1. The molecule has 6 unspecified atom stereocenters. The lowest BCUT2D eigenvalue weighted by atomic mass is 9.87. The summed E-state index contributed by atoms with van der Waals surface area (Å²) in [5.74, 6) is 0.915. The van der Waals surface area contributed by atoms with Crippen molar-refractivity contribution in [1.82, 2.24) is 4.90 Å². The minimum atomic E-state index is -1.00. The van der Waals surface area contributed by atoms with Crippen molar-refractivity contribution < 1.29 is 14.6 Å². The first-order chi connectivity index (χ1) is 11.6. The van der Waals surface area contributed by atoms with Gasteiger partial charge in [0.05, 0.1) is 5.92 Å². The first kappa shape index (κ1) is 22.4. The molecule has 1 aliphatic rings. The highest BCUT2D eigenvalue weighted by molar-refractivity contribution is 5.72. The topological polar surface area (TPSA) is 49.8 Å². The smallest absolute Gasteiger partial charge is 0.309 e. The molecule has 148 valence electrons. The van der Waals surface area contributed by atoms with Crippen LogP contribution in [0.3, 0.4) is 0 Å². The third kappa shape index (κ3) is 7.26. The zero-order valence-electron chi connectivity index (χ0n) is 17.5. The Balaban J connectivity index is 2.94. The first-order valence-corrected chi connectivity index (χ1v) is 10.2. The summed E-state index contributed by atoms with van der Waals surface area (Å²) in [6, 6.07) is 0.250. The van der Waals surface area contributed by atoms with Crippen LogP contribution in [-0.4, -0.2) is 47.3 Å². The van der Waals surface area contributed by atoms with Gasteiger partial charge in [0.25, 0.3) is 0 Å². The highest BCUT2D eigenvalue weighted by atomic mass is 16.6. The van der Waals surface area contributed by atoms with Crippen LogP contribution < -0.4 is 0 Å². The van der Waals surface area contributed by atoms with Crippen LogP contribution in [0.15, 0.2) is 0 Å². The van der Waals surface area contributed by atoms with E-state index in [2.05, 4.69) is 32.7 Å². The Morgan fingerprint density at radius 3 is 2.44 bits per heavy atom. The fraction of sp³-hybridized carbons (Fsp3) is 0.952. The molecule has 4 nitrogen and oxygen atoms in total. The summed E-state index contributed by atoms with van der Waals surface area (Å²) >= 11 is 0. The van der Waals surface area contributed by atoms with Crippen molar-refractivity contribution in [3.8, 4) is 0 Å². The van der Waals surface area contributed by atoms with Gasteiger partial charge in [0.1, 0.15) is 11.7 Å². The second kappa shape index (κ2) is 9.91. The lowest BCUT2D eigenvalue weighted by Crippen LogP contribution is -2.47. The maximum atomic E-state index is 12.5. The van der Waals surface area contributed by atoms with Crippen LogP contribution in [-0.2, 0) is 9.53 Å². The number of rotatable bonds is 1. The summed E-state index contributed by atoms with van der Waals surface area (Å²) in [5.41, 5.74) is -1.00. The van der Waals surface area contributed by atoms with Gasteiger partial charge in [0.15, 0.2) is 0 Å². The predicted molar refractivity (Wildman–Crippen MR) is 103 cm³/mol. The molecule has 0 bridgehead atoms. The average molecular weight is 356 g/mol. The van der Waals surface area contributed by atoms with E-state index in [-0.39, 0.29) is 17.9 Å². The Bertz CT molecular complexity index is 410. The number of nitrogens with zero attached hydrogens (tertiary/aromatic N) is 1. The first-order valence-electron chi connectivity index (χ1n) is 10.2. The van der Waals surface area contributed by atoms with Crippen molar-refractivity contribution in [3.63, 3.8) is 0 Å². The van der Waals surface area contributed by atoms with Crippen LogP contribution in [0.5, 0.6) is 0 Å². The summed E-state index contributed by atoms with van der Waals surface area (Å²) in [6.45, 7) is 13.5. The molecule has 0 spiro atoms. The van der Waals surface area contributed by atoms with Gasteiger partial charge in [-0.25, -0.2) is 0 Å². The van der Waals surface area contributed by atoms with Crippen LogP contribution in [0.4, 0.5) is 0 Å². The maximum Gasteiger partial charge on any atom is 0.309 e. The molecule has 0 saturated carbocycles. The Hall–Kier alpha value is -0.610. The third-order valence-corrected chi connectivity index (χ3v) is 5.95. The SMILES string of the molecule is CCC1OC(=O)C(C)CC(C)CC(C)CCCN(C)C(C)CC1(C)O. The van der Waals surface area contributed by atoms with E-state index in [1.807, 2.05) is 20.8 Å². The molecule has 1 N–H and O–H groups in total. The highest BCUT2D eigenvalue weighted by Crippen LogP contribution is 2.28. The molecule has 6 atom stereocenters. The fourth-order valence-electron chi connectivity index (χ4n) is 4.30. The molecular weight excluding hydrogens is 314 g/mol. The standard InChI is InChI=1S/C21H41NO3/c1-8-19-21(6,24)14-18(5)22(7)11-9-10-15(2)12-16(3)13-17(4)20(23)25-19/h15-19,24H,8-14H2,1-7H3. The van der Waals surface area contributed by atoms with Crippen molar-refractivity contribution in [1.29, 1.82) is 0 Å². The fourth-order valence-corrected chi connectivity index (χ4v) is 4.30. The number of carbonyl (C=O) groups excluding carboxylic acids is 1. The van der Waals surface area contributed by atoms with Crippen molar-refractivity contribution >= 4 is 5.97 Å². The number of cyclic esters (lactones) is 1. The van der Waals surface area contributed by atoms with Crippen LogP contribution >= 0.6 is 0 Å². The zero-order valence-corrected chi connectivity index (χ0v) is 17.5. The summed E-state index contributed by atoms with van der Waals surface area (Å²) in [6.07, 6.45) is 5.21. The number of esters is 1. The molecule has 1 heterocycles. The summed E-state index contributed by atoms with van der Waals surface area (Å²) in [7, 11) is 2.13. The largest absolute Gasteiger partial charge is 0.459 e. The molecule has 0 aromatic carbocycles. The lowest BCUT2D eigenvalue weighted by molar-refractivity contribution is -0.170. The number of ether oxygens (including phenoxy) is 1. The lowest BCUT2D eigenvalue weighted by Gasteiger charge is -2.37. The van der Waals surface area contributed by atoms with E-state index >= 15 is 0 Å². The normalized spacial score (nSPS) is 40.8. The van der Waals surface area contributed by atoms with Crippen molar-refractivity contribution in [2.24, 2.45) is 17.8 Å². The minimum Gasteiger partial charge on any atom is -0.459 e. The van der Waals surface area contributed by atoms with E-state index in [9.17, 15) is 9.90 Å². The number of aliphatic hydroxyl groups is 1. The Morgan fingerprint density at radius 2 is 1.84 bits per heavy atom. The molecule has 0 aliphatic carbocycles. The monoisotopic (exact) mass is 355 g/mol. The number of hydrogen-bond acceptors (Lipinski definition) is 4. The molecule has 1 fully saturated rings. The van der Waals surface area contributed by atoms with Gasteiger partial charge in [-0.05, 0) is 77.8 Å². The van der Waals surface area contributed by atoms with Gasteiger partial charge in [-0.1, -0.05) is 27.7 Å². The molecule has 1 saturated heterocycles. The van der Waals surface area contributed by atoms with Gasteiger partial charge in [0.2, 0.25) is 0 Å². The molecular formula is C21H41NO3. The van der Waals surface area contributed by atoms with E-state index in [4.69, 9.17) is 4.74 Å². The molecule has 0 aromatic heterocycles. The second-order valence-electron chi connectivity index (χ2n) is 8.95. The summed E-state index contributed by atoms with van der Waals surface area (Å²) < 4.78 is 5.75. The van der Waals surface area contributed by atoms with E-state index in [1.165, 1.54) is 12.8 Å². The van der Waals surface area contributed by atoms with Crippen LogP contribution in [0, 0.1) is 17.8 Å². The quantitative estimate of drug-likeness (QED) is 0.714.